The molecule has 6 nitrogen and oxygen atoms in total. The number of Topliss-reactive ketones (excluding diaryl/α,β-unsaturated/α-hetero) is 2. The van der Waals surface area contributed by atoms with Gasteiger partial charge in [0.25, 0.3) is 0 Å². The average molecular weight is 468 g/mol. The Bertz CT molecular complexity index is 1480. The van der Waals surface area contributed by atoms with Crippen LogP contribution in [-0.4, -0.2) is 29.9 Å². The van der Waals surface area contributed by atoms with Gasteiger partial charge in [-0.05, 0) is 50.3 Å². The number of carbonyl (C=O) groups is 2. The van der Waals surface area contributed by atoms with Crippen LogP contribution < -0.4 is 14.2 Å². The Balaban J connectivity index is 1.43. The Morgan fingerprint density at radius 2 is 1.89 bits per heavy atom. The number of carbonyl (C=O) groups excluding carboxylic acids is 2. The van der Waals surface area contributed by atoms with Crippen LogP contribution in [0.3, 0.4) is 0 Å². The number of hydrogen-bond acceptors (Lipinski definition) is 5. The molecule has 3 aromatic carbocycles. The molecule has 4 aromatic rings. The second-order valence-corrected chi connectivity index (χ2v) is 8.34. The van der Waals surface area contributed by atoms with Crippen molar-refractivity contribution < 1.29 is 23.8 Å². The van der Waals surface area contributed by atoms with E-state index in [1.807, 2.05) is 49.5 Å². The molecule has 0 aliphatic carbocycles. The number of allylic oxidation sites excluding steroid dienone is 1. The number of ketones is 2. The zero-order valence-electron chi connectivity index (χ0n) is 19.8. The quantitative estimate of drug-likeness (QED) is 0.252. The van der Waals surface area contributed by atoms with E-state index in [0.717, 1.165) is 28.8 Å². The Morgan fingerprint density at radius 3 is 2.63 bits per heavy atom. The third-order valence-electron chi connectivity index (χ3n) is 6.24. The zero-order chi connectivity index (χ0) is 24.5. The summed E-state index contributed by atoms with van der Waals surface area (Å²) in [6.45, 7) is 4.59. The molecule has 0 atom stereocenters. The highest BCUT2D eigenvalue weighted by molar-refractivity contribution is 6.15. The second kappa shape index (κ2) is 9.14. The largest absolute Gasteiger partial charge is 0.497 e. The number of hydrogen-bond donors (Lipinski definition) is 0. The first-order chi connectivity index (χ1) is 17.0. The van der Waals surface area contributed by atoms with Gasteiger partial charge in [0.1, 0.15) is 17.2 Å². The Morgan fingerprint density at radius 1 is 1.09 bits per heavy atom. The van der Waals surface area contributed by atoms with Crippen LogP contribution >= 0.6 is 0 Å². The standard InChI is InChI=1S/C29H25NO5/c1-4-30-16-20(23-15-21(33-3)10-12-24(23)30)14-27-28(32)22-11-13-26(18(2)29(22)35-27)34-17-25(31)19-8-6-5-7-9-19/h5-16H,4,17H2,1-3H3/b27-14-. The van der Waals surface area contributed by atoms with Crippen LogP contribution in [0.4, 0.5) is 0 Å². The number of ether oxygens (including phenoxy) is 3. The van der Waals surface area contributed by atoms with Crippen LogP contribution in [-0.2, 0) is 6.54 Å². The molecule has 35 heavy (non-hydrogen) atoms. The molecule has 1 aliphatic rings. The van der Waals surface area contributed by atoms with Gasteiger partial charge < -0.3 is 18.8 Å². The fourth-order valence-electron chi connectivity index (χ4n) is 4.32. The van der Waals surface area contributed by atoms with E-state index < -0.39 is 0 Å². The Labute approximate surface area is 203 Å². The fourth-order valence-corrected chi connectivity index (χ4v) is 4.32. The summed E-state index contributed by atoms with van der Waals surface area (Å²) in [4.78, 5) is 25.6. The van der Waals surface area contributed by atoms with Crippen LogP contribution in [0.25, 0.3) is 17.0 Å². The molecule has 1 aliphatic heterocycles. The van der Waals surface area contributed by atoms with Crippen molar-refractivity contribution in [2.45, 2.75) is 20.4 Å². The van der Waals surface area contributed by atoms with Gasteiger partial charge in [-0.25, -0.2) is 0 Å². The third-order valence-corrected chi connectivity index (χ3v) is 6.24. The number of aromatic nitrogens is 1. The first-order valence-electron chi connectivity index (χ1n) is 11.5. The number of fused-ring (bicyclic) bond motifs is 2. The van der Waals surface area contributed by atoms with Crippen LogP contribution in [0.2, 0.25) is 0 Å². The van der Waals surface area contributed by atoms with E-state index >= 15 is 0 Å². The van der Waals surface area contributed by atoms with E-state index in [2.05, 4.69) is 11.5 Å². The predicted molar refractivity (Wildman–Crippen MR) is 135 cm³/mol. The molecule has 5 rings (SSSR count). The number of methoxy groups -OCH3 is 1. The minimum absolute atomic E-state index is 0.0986. The minimum Gasteiger partial charge on any atom is -0.497 e. The highest BCUT2D eigenvalue weighted by atomic mass is 16.5. The van der Waals surface area contributed by atoms with Crippen molar-refractivity contribution in [3.63, 3.8) is 0 Å². The maximum absolute atomic E-state index is 13.1. The van der Waals surface area contributed by atoms with Gasteiger partial charge in [-0.15, -0.1) is 0 Å². The average Bonchev–Trinajstić information content (AvgIpc) is 3.41. The normalized spacial score (nSPS) is 13.7. The van der Waals surface area contributed by atoms with Crippen LogP contribution in [0.5, 0.6) is 17.2 Å². The topological polar surface area (TPSA) is 66.8 Å². The summed E-state index contributed by atoms with van der Waals surface area (Å²) in [5.74, 6) is 1.66. The van der Waals surface area contributed by atoms with Crippen LogP contribution in [0, 0.1) is 6.92 Å². The minimum atomic E-state index is -0.185. The van der Waals surface area contributed by atoms with E-state index in [0.29, 0.717) is 28.2 Å². The molecule has 0 saturated carbocycles. The van der Waals surface area contributed by atoms with Crippen molar-refractivity contribution in [2.24, 2.45) is 0 Å². The molecule has 0 N–H and O–H groups in total. The van der Waals surface area contributed by atoms with Gasteiger partial charge in [0.15, 0.2) is 18.1 Å². The molecule has 1 aromatic heterocycles. The molecule has 0 radical (unpaired) electrons. The van der Waals surface area contributed by atoms with Gasteiger partial charge in [-0.2, -0.15) is 0 Å². The molecule has 2 heterocycles. The van der Waals surface area contributed by atoms with Gasteiger partial charge in [0.2, 0.25) is 5.78 Å². The molecular formula is C29H25NO5. The summed E-state index contributed by atoms with van der Waals surface area (Å²) in [6.07, 6.45) is 3.78. The van der Waals surface area contributed by atoms with Crippen molar-refractivity contribution in [1.82, 2.24) is 4.57 Å². The van der Waals surface area contributed by atoms with E-state index in [4.69, 9.17) is 14.2 Å². The molecule has 0 unspecified atom stereocenters. The second-order valence-electron chi connectivity index (χ2n) is 8.34. The van der Waals surface area contributed by atoms with Crippen molar-refractivity contribution in [3.05, 3.63) is 94.9 Å². The molecule has 0 amide bonds. The van der Waals surface area contributed by atoms with Crippen molar-refractivity contribution in [3.8, 4) is 17.2 Å². The summed E-state index contributed by atoms with van der Waals surface area (Å²) >= 11 is 0. The lowest BCUT2D eigenvalue weighted by atomic mass is 10.1. The zero-order valence-corrected chi connectivity index (χ0v) is 19.8. The molecular weight excluding hydrogens is 442 g/mol. The van der Waals surface area contributed by atoms with E-state index in [-0.39, 0.29) is 23.9 Å². The summed E-state index contributed by atoms with van der Waals surface area (Å²) in [6, 6.07) is 18.3. The molecule has 0 saturated heterocycles. The van der Waals surface area contributed by atoms with Crippen molar-refractivity contribution in [1.29, 1.82) is 0 Å². The number of nitrogens with zero attached hydrogens (tertiary/aromatic N) is 1. The first-order valence-corrected chi connectivity index (χ1v) is 11.5. The highest BCUT2D eigenvalue weighted by Gasteiger charge is 2.30. The van der Waals surface area contributed by atoms with Crippen molar-refractivity contribution >= 4 is 28.5 Å². The lowest BCUT2D eigenvalue weighted by molar-refractivity contribution is 0.0920. The Hall–Kier alpha value is -4.32. The van der Waals surface area contributed by atoms with E-state index in [1.54, 1.807) is 37.5 Å². The fraction of sp³-hybridized carbons (Fsp3) is 0.172. The summed E-state index contributed by atoms with van der Waals surface area (Å²) in [5.41, 5.74) is 3.67. The maximum Gasteiger partial charge on any atom is 0.231 e. The first kappa shape index (κ1) is 22.5. The predicted octanol–water partition coefficient (Wildman–Crippen LogP) is 5.86. The van der Waals surface area contributed by atoms with Gasteiger partial charge in [-0.3, -0.25) is 9.59 Å². The number of rotatable bonds is 7. The summed E-state index contributed by atoms with van der Waals surface area (Å²) in [5, 5.41) is 0.978. The molecule has 176 valence electrons. The lowest BCUT2D eigenvalue weighted by Gasteiger charge is -2.11. The molecule has 0 bridgehead atoms. The third kappa shape index (κ3) is 4.08. The van der Waals surface area contributed by atoms with Gasteiger partial charge in [0.05, 0.1) is 12.7 Å². The number of benzene rings is 3. The van der Waals surface area contributed by atoms with Crippen LogP contribution in [0.15, 0.2) is 72.6 Å². The summed E-state index contributed by atoms with van der Waals surface area (Å²) < 4.78 is 19.3. The smallest absolute Gasteiger partial charge is 0.231 e. The number of aryl methyl sites for hydroxylation is 1. The van der Waals surface area contributed by atoms with Gasteiger partial charge in [-0.1, -0.05) is 30.3 Å². The van der Waals surface area contributed by atoms with Gasteiger partial charge in [0, 0.05) is 40.3 Å². The monoisotopic (exact) mass is 467 g/mol. The Kier molecular flexibility index (Phi) is 5.87. The van der Waals surface area contributed by atoms with Crippen molar-refractivity contribution in [2.75, 3.05) is 13.7 Å². The van der Waals surface area contributed by atoms with Crippen LogP contribution in [0.1, 0.15) is 38.8 Å². The maximum atomic E-state index is 13.1. The van der Waals surface area contributed by atoms with E-state index in [9.17, 15) is 9.59 Å². The lowest BCUT2D eigenvalue weighted by Crippen LogP contribution is -2.12. The highest BCUT2D eigenvalue weighted by Crippen LogP contribution is 2.40. The summed E-state index contributed by atoms with van der Waals surface area (Å²) in [7, 11) is 1.63. The van der Waals surface area contributed by atoms with E-state index in [1.165, 1.54) is 0 Å². The SMILES string of the molecule is CCn1cc(/C=C2\Oc3c(ccc(OCC(=O)c4ccccc4)c3C)C2=O)c2cc(OC)ccc21. The molecule has 6 heteroatoms. The molecule has 0 spiro atoms. The molecule has 0 fully saturated rings. The van der Waals surface area contributed by atoms with Gasteiger partial charge >= 0.3 is 0 Å².